The average Bonchev–Trinajstić information content (AvgIpc) is 2.97. The van der Waals surface area contributed by atoms with Gasteiger partial charge in [-0.1, -0.05) is 0 Å². The number of ether oxygens (including phenoxy) is 1. The van der Waals surface area contributed by atoms with Crippen LogP contribution in [0.15, 0.2) is 12.3 Å². The number of rotatable bonds is 2. The fourth-order valence-corrected chi connectivity index (χ4v) is 3.12. The van der Waals surface area contributed by atoms with Gasteiger partial charge < -0.3 is 15.4 Å². The van der Waals surface area contributed by atoms with Gasteiger partial charge in [0.15, 0.2) is 0 Å². The highest BCUT2D eigenvalue weighted by Gasteiger charge is 2.44. The molecule has 18 heavy (non-hydrogen) atoms. The van der Waals surface area contributed by atoms with Crippen molar-refractivity contribution in [2.75, 3.05) is 11.9 Å². The molecule has 0 bridgehead atoms. The second-order valence-electron chi connectivity index (χ2n) is 6.04. The molecule has 0 unspecified atom stereocenters. The normalized spacial score (nSPS) is 33.5. The first-order valence-corrected chi connectivity index (χ1v) is 6.90. The molecule has 3 aliphatic rings. The Morgan fingerprint density at radius 1 is 1.50 bits per heavy atom. The van der Waals surface area contributed by atoms with Gasteiger partial charge in [-0.15, -0.1) is 0 Å². The van der Waals surface area contributed by atoms with Gasteiger partial charge in [0.05, 0.1) is 6.20 Å². The summed E-state index contributed by atoms with van der Waals surface area (Å²) in [6, 6.07) is 3.38. The second kappa shape index (κ2) is 3.60. The molecular weight excluding hydrogens is 226 g/mol. The summed E-state index contributed by atoms with van der Waals surface area (Å²) in [5.41, 5.74) is 1.30. The summed E-state index contributed by atoms with van der Waals surface area (Å²) >= 11 is 0. The van der Waals surface area contributed by atoms with Crippen LogP contribution in [0, 0.1) is 0 Å². The van der Waals surface area contributed by atoms with Gasteiger partial charge in [0, 0.05) is 37.0 Å². The van der Waals surface area contributed by atoms with Gasteiger partial charge in [-0.2, -0.15) is 0 Å². The minimum atomic E-state index is -0.0123. The van der Waals surface area contributed by atoms with Crippen LogP contribution >= 0.6 is 0 Å². The smallest absolute Gasteiger partial charge is 0.142 e. The Kier molecular flexibility index (Phi) is 2.13. The molecule has 1 saturated carbocycles. The minimum Gasteiger partial charge on any atom is -0.484 e. The maximum absolute atomic E-state index is 6.15. The number of nitrogens with zero attached hydrogens (tertiary/aromatic N) is 1. The van der Waals surface area contributed by atoms with Crippen molar-refractivity contribution in [3.63, 3.8) is 0 Å². The van der Waals surface area contributed by atoms with Crippen LogP contribution in [0.2, 0.25) is 0 Å². The summed E-state index contributed by atoms with van der Waals surface area (Å²) in [5, 5.41) is 6.93. The number of hydrogen-bond donors (Lipinski definition) is 2. The van der Waals surface area contributed by atoms with Crippen LogP contribution in [-0.2, 0) is 6.42 Å². The third kappa shape index (κ3) is 1.75. The van der Waals surface area contributed by atoms with Crippen LogP contribution in [-0.4, -0.2) is 29.2 Å². The lowest BCUT2D eigenvalue weighted by Gasteiger charge is -2.21. The van der Waals surface area contributed by atoms with Gasteiger partial charge in [0.2, 0.25) is 0 Å². The number of hydrogen-bond acceptors (Lipinski definition) is 4. The van der Waals surface area contributed by atoms with Crippen molar-refractivity contribution < 1.29 is 4.74 Å². The molecule has 3 heterocycles. The third-order valence-electron chi connectivity index (χ3n) is 4.17. The van der Waals surface area contributed by atoms with E-state index in [2.05, 4.69) is 28.6 Å². The van der Waals surface area contributed by atoms with E-state index in [0.717, 1.165) is 31.0 Å². The standard InChI is InChI=1S/C14H19N3O/c1-9-5-14(8-16-9)6-10-4-13(17-11-2-3-11)15-7-12(10)18-14/h4,7,9,11,16H,2-3,5-6,8H2,1H3,(H,15,17)/t9-,14-/m0/s1. The molecule has 96 valence electrons. The van der Waals surface area contributed by atoms with Gasteiger partial charge in [-0.3, -0.25) is 0 Å². The molecule has 2 N–H and O–H groups in total. The van der Waals surface area contributed by atoms with Crippen LogP contribution in [0.1, 0.15) is 31.7 Å². The van der Waals surface area contributed by atoms with Gasteiger partial charge >= 0.3 is 0 Å². The molecule has 0 amide bonds. The first-order valence-electron chi connectivity index (χ1n) is 6.90. The molecule has 0 radical (unpaired) electrons. The summed E-state index contributed by atoms with van der Waals surface area (Å²) in [6.45, 7) is 3.17. The zero-order valence-electron chi connectivity index (χ0n) is 10.7. The highest BCUT2D eigenvalue weighted by Crippen LogP contribution is 2.40. The summed E-state index contributed by atoms with van der Waals surface area (Å²) in [5.74, 6) is 1.99. The second-order valence-corrected chi connectivity index (χ2v) is 6.04. The van der Waals surface area contributed by atoms with E-state index in [1.54, 1.807) is 0 Å². The summed E-state index contributed by atoms with van der Waals surface area (Å²) in [4.78, 5) is 4.45. The number of anilines is 1. The number of nitrogens with one attached hydrogen (secondary N) is 2. The molecule has 2 fully saturated rings. The van der Waals surface area contributed by atoms with Crippen LogP contribution in [0.5, 0.6) is 5.75 Å². The molecule has 4 nitrogen and oxygen atoms in total. The highest BCUT2D eigenvalue weighted by molar-refractivity contribution is 5.48. The van der Waals surface area contributed by atoms with Crippen molar-refractivity contribution in [1.82, 2.24) is 10.3 Å². The topological polar surface area (TPSA) is 46.2 Å². The summed E-state index contributed by atoms with van der Waals surface area (Å²) in [7, 11) is 0. The molecule has 1 spiro atoms. The molecule has 2 atom stereocenters. The Morgan fingerprint density at radius 3 is 3.11 bits per heavy atom. The van der Waals surface area contributed by atoms with Crippen molar-refractivity contribution in [2.45, 2.75) is 50.3 Å². The Balaban J connectivity index is 1.57. The van der Waals surface area contributed by atoms with E-state index in [4.69, 9.17) is 4.74 Å². The molecule has 0 aromatic carbocycles. The average molecular weight is 245 g/mol. The molecular formula is C14H19N3O. The minimum absolute atomic E-state index is 0.0123. The van der Waals surface area contributed by atoms with E-state index in [1.165, 1.54) is 18.4 Å². The number of aromatic nitrogens is 1. The first kappa shape index (κ1) is 10.6. The van der Waals surface area contributed by atoms with E-state index in [0.29, 0.717) is 12.1 Å². The summed E-state index contributed by atoms with van der Waals surface area (Å²) < 4.78 is 6.15. The van der Waals surface area contributed by atoms with E-state index in [1.807, 2.05) is 6.20 Å². The lowest BCUT2D eigenvalue weighted by Crippen LogP contribution is -2.36. The predicted molar refractivity (Wildman–Crippen MR) is 70.0 cm³/mol. The lowest BCUT2D eigenvalue weighted by molar-refractivity contribution is 0.115. The largest absolute Gasteiger partial charge is 0.484 e. The molecule has 1 aromatic heterocycles. The van der Waals surface area contributed by atoms with E-state index < -0.39 is 0 Å². The van der Waals surface area contributed by atoms with Crippen molar-refractivity contribution in [3.8, 4) is 5.75 Å². The molecule has 2 aliphatic heterocycles. The van der Waals surface area contributed by atoms with E-state index in [-0.39, 0.29) is 5.60 Å². The third-order valence-corrected chi connectivity index (χ3v) is 4.17. The quantitative estimate of drug-likeness (QED) is 0.832. The zero-order valence-corrected chi connectivity index (χ0v) is 10.7. The lowest BCUT2D eigenvalue weighted by atomic mass is 9.95. The van der Waals surface area contributed by atoms with Gasteiger partial charge in [-0.05, 0) is 25.8 Å². The molecule has 1 aromatic rings. The van der Waals surface area contributed by atoms with Crippen molar-refractivity contribution in [3.05, 3.63) is 17.8 Å². The van der Waals surface area contributed by atoms with Crippen LogP contribution in [0.4, 0.5) is 5.82 Å². The molecule has 1 saturated heterocycles. The Bertz CT molecular complexity index is 486. The highest BCUT2D eigenvalue weighted by atomic mass is 16.5. The van der Waals surface area contributed by atoms with Crippen molar-refractivity contribution >= 4 is 5.82 Å². The van der Waals surface area contributed by atoms with Gasteiger partial charge in [0.25, 0.3) is 0 Å². The fraction of sp³-hybridized carbons (Fsp3) is 0.643. The van der Waals surface area contributed by atoms with Crippen LogP contribution < -0.4 is 15.4 Å². The monoisotopic (exact) mass is 245 g/mol. The Hall–Kier alpha value is -1.29. The Labute approximate surface area is 107 Å². The SMILES string of the molecule is C[C@H]1C[C@@]2(CN1)Cc1cc(NC3CC3)ncc1O2. The van der Waals surface area contributed by atoms with Crippen molar-refractivity contribution in [2.24, 2.45) is 0 Å². The van der Waals surface area contributed by atoms with Crippen molar-refractivity contribution in [1.29, 1.82) is 0 Å². The van der Waals surface area contributed by atoms with Gasteiger partial charge in [0.1, 0.15) is 17.2 Å². The van der Waals surface area contributed by atoms with E-state index >= 15 is 0 Å². The zero-order chi connectivity index (χ0) is 12.2. The van der Waals surface area contributed by atoms with Crippen LogP contribution in [0.25, 0.3) is 0 Å². The predicted octanol–water partition coefficient (Wildman–Crippen LogP) is 1.71. The van der Waals surface area contributed by atoms with E-state index in [9.17, 15) is 0 Å². The molecule has 4 heteroatoms. The van der Waals surface area contributed by atoms with Crippen LogP contribution in [0.3, 0.4) is 0 Å². The molecule has 4 rings (SSSR count). The maximum Gasteiger partial charge on any atom is 0.142 e. The fourth-order valence-electron chi connectivity index (χ4n) is 3.12. The number of pyridine rings is 1. The Morgan fingerprint density at radius 2 is 2.39 bits per heavy atom. The maximum atomic E-state index is 6.15. The first-order chi connectivity index (χ1) is 8.72. The van der Waals surface area contributed by atoms with Gasteiger partial charge in [-0.25, -0.2) is 4.98 Å². The number of fused-ring (bicyclic) bond motifs is 1. The summed E-state index contributed by atoms with van der Waals surface area (Å²) in [6.07, 6.45) is 6.55. The molecule has 1 aliphatic carbocycles.